The summed E-state index contributed by atoms with van der Waals surface area (Å²) in [6, 6.07) is 12.4. The van der Waals surface area contributed by atoms with Crippen molar-refractivity contribution in [3.05, 3.63) is 48.3 Å². The van der Waals surface area contributed by atoms with Crippen LogP contribution in [0.4, 0.5) is 0 Å². The first-order valence-electron chi connectivity index (χ1n) is 6.43. The minimum Gasteiger partial charge on any atom is -0.480 e. The number of aromatic nitrogens is 1. The van der Waals surface area contributed by atoms with Crippen LogP contribution in [0.5, 0.6) is 0 Å². The van der Waals surface area contributed by atoms with Gasteiger partial charge in [-0.25, -0.2) is 4.79 Å². The highest BCUT2D eigenvalue weighted by atomic mass is 16.4. The molecule has 0 bridgehead atoms. The van der Waals surface area contributed by atoms with E-state index in [1.807, 2.05) is 42.5 Å². The molecule has 0 unspecified atom stereocenters. The van der Waals surface area contributed by atoms with Crippen molar-refractivity contribution in [2.24, 2.45) is 0 Å². The van der Waals surface area contributed by atoms with Gasteiger partial charge in [-0.15, -0.1) is 0 Å². The maximum absolute atomic E-state index is 11.2. The Morgan fingerprint density at radius 1 is 1.24 bits per heavy atom. The van der Waals surface area contributed by atoms with Crippen LogP contribution in [-0.4, -0.2) is 27.4 Å². The van der Waals surface area contributed by atoms with Gasteiger partial charge in [0.15, 0.2) is 6.04 Å². The zero-order chi connectivity index (χ0) is 15.0. The molecule has 5 nitrogen and oxygen atoms in total. The summed E-state index contributed by atoms with van der Waals surface area (Å²) >= 11 is 0. The summed E-state index contributed by atoms with van der Waals surface area (Å²) in [6.07, 6.45) is 1.61. The predicted octanol–water partition coefficient (Wildman–Crippen LogP) is 2.28. The molecule has 0 aliphatic carbocycles. The van der Waals surface area contributed by atoms with Gasteiger partial charge in [0, 0.05) is 17.0 Å². The van der Waals surface area contributed by atoms with Crippen LogP contribution in [0, 0.1) is 11.3 Å². The first-order chi connectivity index (χ1) is 10.2. The van der Waals surface area contributed by atoms with Crippen molar-refractivity contribution in [2.75, 3.05) is 6.61 Å². The second-order valence-electron chi connectivity index (χ2n) is 4.82. The average molecular weight is 280 g/mol. The number of hydrogen-bond acceptors (Lipinski definition) is 3. The number of benzene rings is 2. The van der Waals surface area contributed by atoms with Gasteiger partial charge in [-0.2, -0.15) is 5.26 Å². The van der Waals surface area contributed by atoms with Gasteiger partial charge in [0.1, 0.15) is 11.8 Å². The molecule has 0 saturated carbocycles. The molecule has 5 heteroatoms. The molecule has 3 rings (SSSR count). The molecule has 2 aromatic carbocycles. The second-order valence-corrected chi connectivity index (χ2v) is 4.82. The van der Waals surface area contributed by atoms with Gasteiger partial charge < -0.3 is 14.8 Å². The summed E-state index contributed by atoms with van der Waals surface area (Å²) in [5.41, 5.74) is 0.247. The number of fused-ring (bicyclic) bond motifs is 2. The van der Waals surface area contributed by atoms with Gasteiger partial charge in [0.25, 0.3) is 0 Å². The Labute approximate surface area is 120 Å². The molecule has 0 aliphatic heterocycles. The summed E-state index contributed by atoms with van der Waals surface area (Å²) in [7, 11) is 0. The lowest BCUT2D eigenvalue weighted by Gasteiger charge is -2.11. The van der Waals surface area contributed by atoms with E-state index in [2.05, 4.69) is 0 Å². The van der Waals surface area contributed by atoms with Crippen LogP contribution in [0.25, 0.3) is 21.5 Å². The van der Waals surface area contributed by atoms with Crippen LogP contribution in [0.2, 0.25) is 0 Å². The van der Waals surface area contributed by atoms with Crippen LogP contribution in [0.1, 0.15) is 11.7 Å². The highest BCUT2D eigenvalue weighted by Gasteiger charge is 2.22. The van der Waals surface area contributed by atoms with E-state index < -0.39 is 18.6 Å². The Morgan fingerprint density at radius 3 is 2.48 bits per heavy atom. The summed E-state index contributed by atoms with van der Waals surface area (Å²) in [6.45, 7) is -0.565. The fraction of sp³-hybridized carbons (Fsp3) is 0.125. The molecule has 2 N–H and O–H groups in total. The summed E-state index contributed by atoms with van der Waals surface area (Å²) in [4.78, 5) is 11.2. The van der Waals surface area contributed by atoms with E-state index in [0.29, 0.717) is 5.39 Å². The maximum atomic E-state index is 11.2. The first kappa shape index (κ1) is 13.2. The number of carbonyl (C=O) groups is 1. The Bertz CT molecular complexity index is 890. The molecule has 21 heavy (non-hydrogen) atoms. The number of aliphatic hydroxyl groups is 1. The zero-order valence-electron chi connectivity index (χ0n) is 11.0. The zero-order valence-corrected chi connectivity index (χ0v) is 11.0. The van der Waals surface area contributed by atoms with E-state index in [-0.39, 0.29) is 5.69 Å². The Hall–Kier alpha value is -2.84. The fourth-order valence-corrected chi connectivity index (χ4v) is 2.57. The lowest BCUT2D eigenvalue weighted by molar-refractivity contribution is -0.142. The van der Waals surface area contributed by atoms with E-state index in [0.717, 1.165) is 16.2 Å². The molecule has 0 saturated heterocycles. The highest BCUT2D eigenvalue weighted by Crippen LogP contribution is 2.28. The molecule has 0 radical (unpaired) electrons. The van der Waals surface area contributed by atoms with Crippen molar-refractivity contribution in [3.8, 4) is 6.07 Å². The molecule has 0 amide bonds. The van der Waals surface area contributed by atoms with Crippen LogP contribution in [0.3, 0.4) is 0 Å². The molecule has 1 heterocycles. The van der Waals surface area contributed by atoms with Gasteiger partial charge in [-0.3, -0.25) is 0 Å². The quantitative estimate of drug-likeness (QED) is 0.770. The van der Waals surface area contributed by atoms with E-state index in [1.54, 1.807) is 6.20 Å². The van der Waals surface area contributed by atoms with Crippen molar-refractivity contribution in [2.45, 2.75) is 6.04 Å². The lowest BCUT2D eigenvalue weighted by atomic mass is 10.1. The lowest BCUT2D eigenvalue weighted by Crippen LogP contribution is -2.22. The van der Waals surface area contributed by atoms with E-state index >= 15 is 0 Å². The van der Waals surface area contributed by atoms with E-state index in [4.69, 9.17) is 0 Å². The number of carboxylic acid groups (broad SMARTS) is 1. The molecular weight excluding hydrogens is 268 g/mol. The Morgan fingerprint density at radius 2 is 1.90 bits per heavy atom. The van der Waals surface area contributed by atoms with Crippen LogP contribution >= 0.6 is 0 Å². The van der Waals surface area contributed by atoms with Crippen LogP contribution < -0.4 is 0 Å². The molecular formula is C16H12N2O3. The molecule has 0 spiro atoms. The number of nitrogens with zero attached hydrogens (tertiary/aromatic N) is 2. The van der Waals surface area contributed by atoms with Crippen molar-refractivity contribution >= 4 is 27.5 Å². The van der Waals surface area contributed by atoms with Crippen LogP contribution in [-0.2, 0) is 4.79 Å². The van der Waals surface area contributed by atoms with Crippen LogP contribution in [0.15, 0.2) is 42.6 Å². The summed E-state index contributed by atoms with van der Waals surface area (Å²) in [5.74, 6) is -1.17. The minimum atomic E-state index is -1.17. The van der Waals surface area contributed by atoms with Gasteiger partial charge in [-0.05, 0) is 22.9 Å². The van der Waals surface area contributed by atoms with Gasteiger partial charge >= 0.3 is 5.97 Å². The number of nitriles is 1. The predicted molar refractivity (Wildman–Crippen MR) is 77.9 cm³/mol. The van der Waals surface area contributed by atoms with Crippen molar-refractivity contribution in [1.29, 1.82) is 5.26 Å². The maximum Gasteiger partial charge on any atom is 0.329 e. The smallest absolute Gasteiger partial charge is 0.329 e. The third-order valence-corrected chi connectivity index (χ3v) is 3.61. The number of carboxylic acids is 1. The topological polar surface area (TPSA) is 86.3 Å². The number of hydrogen-bond donors (Lipinski definition) is 2. The van der Waals surface area contributed by atoms with Gasteiger partial charge in [0.2, 0.25) is 0 Å². The molecule has 0 fully saturated rings. The molecule has 3 aromatic rings. The van der Waals surface area contributed by atoms with E-state index in [9.17, 15) is 20.3 Å². The number of rotatable bonds is 3. The Balaban J connectivity index is 2.34. The third-order valence-electron chi connectivity index (χ3n) is 3.61. The van der Waals surface area contributed by atoms with E-state index in [1.165, 1.54) is 4.57 Å². The minimum absolute atomic E-state index is 0.247. The Kier molecular flexibility index (Phi) is 3.09. The number of aliphatic carboxylic acids is 1. The third kappa shape index (κ3) is 2.02. The van der Waals surface area contributed by atoms with Gasteiger partial charge in [0.05, 0.1) is 6.61 Å². The molecule has 0 aliphatic rings. The fourth-order valence-electron chi connectivity index (χ4n) is 2.57. The first-order valence-corrected chi connectivity index (χ1v) is 6.43. The van der Waals surface area contributed by atoms with Crippen molar-refractivity contribution < 1.29 is 15.0 Å². The van der Waals surface area contributed by atoms with Crippen molar-refractivity contribution in [1.82, 2.24) is 4.57 Å². The summed E-state index contributed by atoms with van der Waals surface area (Å²) < 4.78 is 1.33. The standard InChI is InChI=1S/C16H12N2O3/c17-7-14-13-6-11-4-2-1-3-10(11)5-12(13)8-18(14)15(9-19)16(20)21/h1-6,8,15,19H,9H2,(H,20,21)/t15-/m0/s1. The second kappa shape index (κ2) is 4.93. The molecule has 1 atom stereocenters. The van der Waals surface area contributed by atoms with Gasteiger partial charge in [-0.1, -0.05) is 24.3 Å². The largest absolute Gasteiger partial charge is 0.480 e. The monoisotopic (exact) mass is 280 g/mol. The average Bonchev–Trinajstić information content (AvgIpc) is 2.82. The normalized spacial score (nSPS) is 12.4. The SMILES string of the molecule is N#Cc1c2cc3ccccc3cc2cn1[C@@H](CO)C(=O)O. The molecule has 104 valence electrons. The summed E-state index contributed by atoms with van der Waals surface area (Å²) in [5, 5.41) is 31.3. The highest BCUT2D eigenvalue weighted by molar-refractivity contribution is 6.00. The van der Waals surface area contributed by atoms with Crippen molar-refractivity contribution in [3.63, 3.8) is 0 Å². The molecule has 1 aromatic heterocycles. The number of aliphatic hydroxyl groups excluding tert-OH is 1.